The zero-order valence-electron chi connectivity index (χ0n) is 10.1. The van der Waals surface area contributed by atoms with Gasteiger partial charge in [0, 0.05) is 6.54 Å². The highest BCUT2D eigenvalue weighted by Gasteiger charge is 2.33. The van der Waals surface area contributed by atoms with Crippen LogP contribution >= 0.6 is 0 Å². The predicted molar refractivity (Wildman–Crippen MR) is 69.4 cm³/mol. The molecule has 2 aliphatic rings. The maximum absolute atomic E-state index is 12.1. The number of rotatable bonds is 0. The lowest BCUT2D eigenvalue weighted by Gasteiger charge is -2.37. The van der Waals surface area contributed by atoms with Gasteiger partial charge in [-0.1, -0.05) is 12.8 Å². The van der Waals surface area contributed by atoms with E-state index in [-0.39, 0.29) is 11.9 Å². The minimum Gasteiger partial charge on any atom is -0.358 e. The molecule has 1 fully saturated rings. The Labute approximate surface area is 106 Å². The molecule has 0 aliphatic carbocycles. The van der Waals surface area contributed by atoms with E-state index >= 15 is 0 Å². The van der Waals surface area contributed by atoms with Crippen LogP contribution in [0, 0.1) is 11.3 Å². The lowest BCUT2D eigenvalue weighted by Crippen LogP contribution is -2.47. The summed E-state index contributed by atoms with van der Waals surface area (Å²) >= 11 is 0. The smallest absolute Gasteiger partial charge is 0.247 e. The van der Waals surface area contributed by atoms with Gasteiger partial charge >= 0.3 is 0 Å². The third-order valence-corrected chi connectivity index (χ3v) is 3.75. The average molecular weight is 241 g/mol. The molecule has 1 unspecified atom stereocenters. The number of anilines is 2. The first-order valence-corrected chi connectivity index (χ1v) is 6.41. The summed E-state index contributed by atoms with van der Waals surface area (Å²) in [6, 6.07) is 7.55. The van der Waals surface area contributed by atoms with E-state index in [2.05, 4.69) is 16.3 Å². The summed E-state index contributed by atoms with van der Waals surface area (Å²) in [6.45, 7) is 0.903. The third kappa shape index (κ3) is 1.72. The number of fused-ring (bicyclic) bond motifs is 3. The minimum atomic E-state index is -0.0612. The first kappa shape index (κ1) is 11.1. The highest BCUT2D eigenvalue weighted by Crippen LogP contribution is 2.35. The van der Waals surface area contributed by atoms with E-state index in [4.69, 9.17) is 5.26 Å². The fourth-order valence-electron chi connectivity index (χ4n) is 2.83. The largest absolute Gasteiger partial charge is 0.358 e. The fourth-order valence-corrected chi connectivity index (χ4v) is 2.83. The van der Waals surface area contributed by atoms with Gasteiger partial charge in [0.1, 0.15) is 6.04 Å². The molecule has 1 aromatic rings. The van der Waals surface area contributed by atoms with E-state index in [0.29, 0.717) is 5.56 Å². The van der Waals surface area contributed by atoms with Crippen LogP contribution in [0.4, 0.5) is 11.4 Å². The van der Waals surface area contributed by atoms with Crippen LogP contribution < -0.4 is 10.2 Å². The molecule has 0 saturated carbocycles. The van der Waals surface area contributed by atoms with Crippen LogP contribution in [0.25, 0.3) is 0 Å². The summed E-state index contributed by atoms with van der Waals surface area (Å²) < 4.78 is 0. The summed E-state index contributed by atoms with van der Waals surface area (Å²) in [6.07, 6.45) is 4.29. The second-order valence-electron chi connectivity index (χ2n) is 4.89. The van der Waals surface area contributed by atoms with Crippen LogP contribution in [0.3, 0.4) is 0 Å². The van der Waals surface area contributed by atoms with Crippen LogP contribution in [0.5, 0.6) is 0 Å². The van der Waals surface area contributed by atoms with E-state index < -0.39 is 0 Å². The molecule has 1 N–H and O–H groups in total. The molecule has 0 aromatic heterocycles. The first-order valence-electron chi connectivity index (χ1n) is 6.41. The van der Waals surface area contributed by atoms with Gasteiger partial charge in [0.05, 0.1) is 23.0 Å². The summed E-state index contributed by atoms with van der Waals surface area (Å²) in [5, 5.41) is 11.9. The van der Waals surface area contributed by atoms with Crippen LogP contribution in [0.15, 0.2) is 18.2 Å². The van der Waals surface area contributed by atoms with Crippen LogP contribution in [0.1, 0.15) is 31.2 Å². The maximum atomic E-state index is 12.1. The van der Waals surface area contributed by atoms with E-state index in [1.54, 1.807) is 6.07 Å². The number of nitrogens with one attached hydrogen (secondary N) is 1. The van der Waals surface area contributed by atoms with Crippen LogP contribution in [0.2, 0.25) is 0 Å². The van der Waals surface area contributed by atoms with Gasteiger partial charge in [-0.05, 0) is 31.0 Å². The van der Waals surface area contributed by atoms with Gasteiger partial charge < -0.3 is 10.2 Å². The Kier molecular flexibility index (Phi) is 2.67. The van der Waals surface area contributed by atoms with Crippen molar-refractivity contribution in [3.63, 3.8) is 0 Å². The Morgan fingerprint density at radius 1 is 1.33 bits per heavy atom. The lowest BCUT2D eigenvalue weighted by molar-refractivity contribution is -0.117. The second-order valence-corrected chi connectivity index (χ2v) is 4.89. The molecule has 4 heteroatoms. The monoisotopic (exact) mass is 241 g/mol. The number of carbonyl (C=O) groups excluding carboxylic acids is 1. The van der Waals surface area contributed by atoms with Crippen molar-refractivity contribution >= 4 is 17.3 Å². The molecule has 1 aromatic carbocycles. The molecule has 0 radical (unpaired) electrons. The second kappa shape index (κ2) is 4.34. The Morgan fingerprint density at radius 2 is 2.22 bits per heavy atom. The van der Waals surface area contributed by atoms with Crippen molar-refractivity contribution in [2.45, 2.75) is 31.7 Å². The molecular formula is C14H15N3O. The molecule has 18 heavy (non-hydrogen) atoms. The van der Waals surface area contributed by atoms with Crippen molar-refractivity contribution in [2.24, 2.45) is 0 Å². The third-order valence-electron chi connectivity index (χ3n) is 3.75. The number of amides is 1. The highest BCUT2D eigenvalue weighted by molar-refractivity contribution is 6.03. The first-order chi connectivity index (χ1) is 8.79. The van der Waals surface area contributed by atoms with Gasteiger partial charge in [-0.3, -0.25) is 4.79 Å². The van der Waals surface area contributed by atoms with Crippen molar-refractivity contribution in [1.82, 2.24) is 0 Å². The molecule has 4 nitrogen and oxygen atoms in total. The molecule has 1 amide bonds. The quantitative estimate of drug-likeness (QED) is 0.758. The van der Waals surface area contributed by atoms with E-state index in [1.807, 2.05) is 12.1 Å². The van der Waals surface area contributed by atoms with Crippen molar-refractivity contribution in [2.75, 3.05) is 16.8 Å². The Hall–Kier alpha value is -2.02. The maximum Gasteiger partial charge on any atom is 0.247 e. The summed E-state index contributed by atoms with van der Waals surface area (Å²) in [7, 11) is 0. The molecule has 3 rings (SSSR count). The number of nitriles is 1. The Morgan fingerprint density at radius 3 is 3.06 bits per heavy atom. The molecule has 1 saturated heterocycles. The molecule has 1 atom stereocenters. The van der Waals surface area contributed by atoms with Crippen molar-refractivity contribution in [1.29, 1.82) is 5.26 Å². The Balaban J connectivity index is 2.06. The lowest BCUT2D eigenvalue weighted by atomic mass is 10.0. The normalized spacial score (nSPS) is 22.3. The molecule has 92 valence electrons. The van der Waals surface area contributed by atoms with E-state index in [0.717, 1.165) is 37.2 Å². The van der Waals surface area contributed by atoms with E-state index in [1.165, 1.54) is 6.42 Å². The predicted octanol–water partition coefficient (Wildman–Crippen LogP) is 2.26. The summed E-state index contributed by atoms with van der Waals surface area (Å²) in [4.78, 5) is 14.2. The zero-order valence-corrected chi connectivity index (χ0v) is 10.1. The summed E-state index contributed by atoms with van der Waals surface area (Å²) in [5.41, 5.74) is 2.48. The SMILES string of the molecule is N#Cc1ccc2c(c1)N1CCCCCC1C(=O)N2. The van der Waals surface area contributed by atoms with Gasteiger partial charge in [-0.2, -0.15) is 5.26 Å². The van der Waals surface area contributed by atoms with Crippen molar-refractivity contribution in [3.05, 3.63) is 23.8 Å². The van der Waals surface area contributed by atoms with Gasteiger partial charge in [-0.15, -0.1) is 0 Å². The number of nitrogens with zero attached hydrogens (tertiary/aromatic N) is 2. The van der Waals surface area contributed by atoms with Gasteiger partial charge in [0.15, 0.2) is 0 Å². The number of hydrogen-bond donors (Lipinski definition) is 1. The van der Waals surface area contributed by atoms with E-state index in [9.17, 15) is 4.79 Å². The topological polar surface area (TPSA) is 56.1 Å². The molecule has 2 heterocycles. The number of benzene rings is 1. The van der Waals surface area contributed by atoms with Gasteiger partial charge in [0.25, 0.3) is 0 Å². The minimum absolute atomic E-state index is 0.0612. The van der Waals surface area contributed by atoms with Crippen LogP contribution in [-0.2, 0) is 4.79 Å². The Bertz CT molecular complexity index is 532. The van der Waals surface area contributed by atoms with Crippen molar-refractivity contribution in [3.8, 4) is 6.07 Å². The molecule has 0 bridgehead atoms. The fraction of sp³-hybridized carbons (Fsp3) is 0.429. The zero-order chi connectivity index (χ0) is 12.5. The average Bonchev–Trinajstić information content (AvgIpc) is 2.65. The number of hydrogen-bond acceptors (Lipinski definition) is 3. The van der Waals surface area contributed by atoms with Crippen LogP contribution in [-0.4, -0.2) is 18.5 Å². The van der Waals surface area contributed by atoms with Gasteiger partial charge in [-0.25, -0.2) is 0 Å². The standard InChI is InChI=1S/C14H15N3O/c15-9-10-5-6-11-13(8-10)17-7-3-1-2-4-12(17)14(18)16-11/h5-6,8,12H,1-4,7H2,(H,16,18). The van der Waals surface area contributed by atoms with Gasteiger partial charge in [0.2, 0.25) is 5.91 Å². The molecular weight excluding hydrogens is 226 g/mol. The molecule has 2 aliphatic heterocycles. The number of carbonyl (C=O) groups is 1. The highest BCUT2D eigenvalue weighted by atomic mass is 16.2. The van der Waals surface area contributed by atoms with Crippen molar-refractivity contribution < 1.29 is 4.79 Å². The summed E-state index contributed by atoms with van der Waals surface area (Å²) in [5.74, 6) is 0.0918. The molecule has 0 spiro atoms.